The highest BCUT2D eigenvalue weighted by atomic mass is 35.5. The largest absolute Gasteiger partial charge is 0.755 e. The number of benzene rings is 2. The standard InChI is InChI=1S/C20H23ClFN3O3S/c1-13-12-24(14(2)18-8-5-16(22)11-19(18)21)9-10-25(13)20(26)15-3-6-17(7-4-15)23-29(27)28/h3-8,11,13-14,23H,9-10,12H2,1-2H3,(H,27,28)/p-1. The number of carbonyl (C=O) groups is 1. The molecule has 1 aliphatic heterocycles. The Bertz CT molecular complexity index is 912. The topological polar surface area (TPSA) is 75.7 Å². The third-order valence-electron chi connectivity index (χ3n) is 5.21. The molecule has 1 amide bonds. The van der Waals surface area contributed by atoms with Crippen LogP contribution in [0.5, 0.6) is 0 Å². The van der Waals surface area contributed by atoms with E-state index >= 15 is 0 Å². The van der Waals surface area contributed by atoms with Gasteiger partial charge in [-0.25, -0.2) is 4.39 Å². The zero-order valence-electron chi connectivity index (χ0n) is 16.1. The molecular weight excluding hydrogens is 417 g/mol. The fourth-order valence-electron chi connectivity index (χ4n) is 3.62. The Hall–Kier alpha value is -2.00. The van der Waals surface area contributed by atoms with E-state index in [9.17, 15) is 17.9 Å². The van der Waals surface area contributed by atoms with Crippen LogP contribution in [0.2, 0.25) is 5.02 Å². The van der Waals surface area contributed by atoms with Crippen molar-refractivity contribution < 1.29 is 17.9 Å². The molecule has 2 aromatic rings. The van der Waals surface area contributed by atoms with E-state index < -0.39 is 11.3 Å². The summed E-state index contributed by atoms with van der Waals surface area (Å²) < 4.78 is 37.0. The molecule has 2 aromatic carbocycles. The number of nitrogens with one attached hydrogen (secondary N) is 1. The van der Waals surface area contributed by atoms with Crippen LogP contribution in [0.4, 0.5) is 10.1 Å². The van der Waals surface area contributed by atoms with Crippen molar-refractivity contribution in [1.29, 1.82) is 0 Å². The van der Waals surface area contributed by atoms with Gasteiger partial charge in [-0.3, -0.25) is 13.9 Å². The number of carbonyl (C=O) groups excluding carboxylic acids is 1. The zero-order valence-corrected chi connectivity index (χ0v) is 17.7. The van der Waals surface area contributed by atoms with Crippen LogP contribution in [0.1, 0.15) is 35.8 Å². The van der Waals surface area contributed by atoms with Crippen LogP contribution in [0.3, 0.4) is 0 Å². The predicted molar refractivity (Wildman–Crippen MR) is 111 cm³/mol. The van der Waals surface area contributed by atoms with Crippen LogP contribution >= 0.6 is 11.6 Å². The van der Waals surface area contributed by atoms with Crippen molar-refractivity contribution in [3.63, 3.8) is 0 Å². The number of nitrogens with zero attached hydrogens (tertiary/aromatic N) is 2. The van der Waals surface area contributed by atoms with E-state index in [1.165, 1.54) is 12.1 Å². The minimum atomic E-state index is -2.40. The lowest BCUT2D eigenvalue weighted by Crippen LogP contribution is -2.54. The van der Waals surface area contributed by atoms with Gasteiger partial charge < -0.3 is 14.2 Å². The Morgan fingerprint density at radius 2 is 1.97 bits per heavy atom. The fourth-order valence-corrected chi connectivity index (χ4v) is 4.27. The van der Waals surface area contributed by atoms with Gasteiger partial charge in [0, 0.05) is 59.3 Å². The lowest BCUT2D eigenvalue weighted by atomic mass is 10.0. The molecule has 0 radical (unpaired) electrons. The molecule has 29 heavy (non-hydrogen) atoms. The van der Waals surface area contributed by atoms with E-state index in [4.69, 9.17) is 11.6 Å². The first-order valence-electron chi connectivity index (χ1n) is 9.22. The van der Waals surface area contributed by atoms with Crippen molar-refractivity contribution in [1.82, 2.24) is 9.80 Å². The van der Waals surface area contributed by atoms with Crippen LogP contribution < -0.4 is 4.72 Å². The molecule has 3 unspecified atom stereocenters. The van der Waals surface area contributed by atoms with E-state index in [1.807, 2.05) is 18.7 Å². The van der Waals surface area contributed by atoms with Gasteiger partial charge in [-0.15, -0.1) is 0 Å². The van der Waals surface area contributed by atoms with Gasteiger partial charge in [-0.2, -0.15) is 0 Å². The average Bonchev–Trinajstić information content (AvgIpc) is 2.67. The summed E-state index contributed by atoms with van der Waals surface area (Å²) >= 11 is 3.81. The highest BCUT2D eigenvalue weighted by molar-refractivity contribution is 7.80. The van der Waals surface area contributed by atoms with Gasteiger partial charge >= 0.3 is 0 Å². The lowest BCUT2D eigenvalue weighted by molar-refractivity contribution is 0.0406. The maximum atomic E-state index is 13.3. The summed E-state index contributed by atoms with van der Waals surface area (Å²) in [6.45, 7) is 5.89. The van der Waals surface area contributed by atoms with E-state index in [0.717, 1.165) is 5.56 Å². The predicted octanol–water partition coefficient (Wildman–Crippen LogP) is 3.59. The molecule has 156 valence electrons. The normalized spacial score (nSPS) is 19.6. The van der Waals surface area contributed by atoms with Gasteiger partial charge in [-0.1, -0.05) is 17.7 Å². The summed E-state index contributed by atoms with van der Waals surface area (Å²) in [5, 5.41) is 0.399. The number of hydrogen-bond acceptors (Lipinski definition) is 4. The van der Waals surface area contributed by atoms with E-state index in [2.05, 4.69) is 9.62 Å². The third-order valence-corrected chi connectivity index (χ3v) is 5.94. The monoisotopic (exact) mass is 438 g/mol. The maximum Gasteiger partial charge on any atom is 0.254 e. The van der Waals surface area contributed by atoms with Crippen molar-refractivity contribution in [3.05, 3.63) is 64.4 Å². The molecule has 0 bridgehead atoms. The highest BCUT2D eigenvalue weighted by Gasteiger charge is 2.31. The van der Waals surface area contributed by atoms with Crippen LogP contribution in [0.15, 0.2) is 42.5 Å². The molecule has 1 N–H and O–H groups in total. The van der Waals surface area contributed by atoms with Crippen LogP contribution in [-0.2, 0) is 11.3 Å². The summed E-state index contributed by atoms with van der Waals surface area (Å²) in [5.41, 5.74) is 1.76. The molecular formula is C20H22ClFN3O3S-. The van der Waals surface area contributed by atoms with Gasteiger partial charge in [0.15, 0.2) is 0 Å². The van der Waals surface area contributed by atoms with Crippen molar-refractivity contribution in [2.24, 2.45) is 0 Å². The summed E-state index contributed by atoms with van der Waals surface area (Å²) in [6, 6.07) is 10.7. The summed E-state index contributed by atoms with van der Waals surface area (Å²) in [6.07, 6.45) is 0. The van der Waals surface area contributed by atoms with Gasteiger partial charge in [-0.05, 0) is 55.8 Å². The Morgan fingerprint density at radius 3 is 2.55 bits per heavy atom. The first kappa shape index (κ1) is 21.7. The number of hydrogen-bond donors (Lipinski definition) is 1. The van der Waals surface area contributed by atoms with Crippen LogP contribution in [0.25, 0.3) is 0 Å². The molecule has 0 aliphatic carbocycles. The van der Waals surface area contributed by atoms with Gasteiger partial charge in [0.2, 0.25) is 0 Å². The van der Waals surface area contributed by atoms with Crippen molar-refractivity contribution in [2.45, 2.75) is 25.9 Å². The lowest BCUT2D eigenvalue weighted by Gasteiger charge is -2.42. The average molecular weight is 439 g/mol. The van der Waals surface area contributed by atoms with Crippen molar-refractivity contribution in [2.75, 3.05) is 24.4 Å². The first-order chi connectivity index (χ1) is 13.8. The Kier molecular flexibility index (Phi) is 6.89. The number of anilines is 1. The number of halogens is 2. The molecule has 9 heteroatoms. The minimum absolute atomic E-state index is 0.00104. The van der Waals surface area contributed by atoms with E-state index in [-0.39, 0.29) is 23.8 Å². The Morgan fingerprint density at radius 1 is 1.28 bits per heavy atom. The first-order valence-corrected chi connectivity index (χ1v) is 10.7. The molecule has 6 nitrogen and oxygen atoms in total. The molecule has 0 aromatic heterocycles. The smallest absolute Gasteiger partial charge is 0.254 e. The molecule has 0 saturated carbocycles. The number of amides is 1. The zero-order chi connectivity index (χ0) is 21.1. The second-order valence-electron chi connectivity index (χ2n) is 7.10. The second kappa shape index (κ2) is 9.21. The Labute approximate surface area is 177 Å². The van der Waals surface area contributed by atoms with Crippen molar-refractivity contribution >= 4 is 34.5 Å². The molecule has 1 aliphatic rings. The number of piperazine rings is 1. The van der Waals surface area contributed by atoms with E-state index in [0.29, 0.717) is 35.9 Å². The number of rotatable bonds is 5. The van der Waals surface area contributed by atoms with E-state index in [1.54, 1.807) is 30.3 Å². The summed E-state index contributed by atoms with van der Waals surface area (Å²) in [5.74, 6) is -0.461. The molecule has 1 heterocycles. The van der Waals surface area contributed by atoms with Gasteiger partial charge in [0.1, 0.15) is 5.82 Å². The second-order valence-corrected chi connectivity index (χ2v) is 8.18. The fraction of sp³-hybridized carbons (Fsp3) is 0.350. The highest BCUT2D eigenvalue weighted by Crippen LogP contribution is 2.30. The molecule has 1 fully saturated rings. The summed E-state index contributed by atoms with van der Waals surface area (Å²) in [7, 11) is 0. The third kappa shape index (κ3) is 5.14. The molecule has 3 atom stereocenters. The molecule has 0 spiro atoms. The van der Waals surface area contributed by atoms with Gasteiger partial charge in [0.05, 0.1) is 0 Å². The SMILES string of the molecule is CC(c1ccc(F)cc1Cl)N1CCN(C(=O)c2ccc(NS(=O)[O-])cc2)C(C)C1. The summed E-state index contributed by atoms with van der Waals surface area (Å²) in [4.78, 5) is 16.9. The minimum Gasteiger partial charge on any atom is -0.755 e. The van der Waals surface area contributed by atoms with Crippen LogP contribution in [0, 0.1) is 5.82 Å². The van der Waals surface area contributed by atoms with Crippen LogP contribution in [-0.4, -0.2) is 50.1 Å². The van der Waals surface area contributed by atoms with Gasteiger partial charge in [0.25, 0.3) is 5.91 Å². The quantitative estimate of drug-likeness (QED) is 0.724. The molecule has 1 saturated heterocycles. The van der Waals surface area contributed by atoms with Crippen molar-refractivity contribution in [3.8, 4) is 0 Å². The molecule has 3 rings (SSSR count). The maximum absolute atomic E-state index is 13.3. The Balaban J connectivity index is 1.66.